The molecule has 0 saturated heterocycles. The Labute approximate surface area is 40.1 Å². The van der Waals surface area contributed by atoms with Gasteiger partial charge in [-0.05, 0) is 0 Å². The zero-order valence-electron chi connectivity index (χ0n) is 3.72. The molecule has 0 saturated carbocycles. The van der Waals surface area contributed by atoms with E-state index in [2.05, 4.69) is 0 Å². The van der Waals surface area contributed by atoms with Crippen molar-refractivity contribution in [1.82, 2.24) is 0 Å². The van der Waals surface area contributed by atoms with Gasteiger partial charge in [-0.3, -0.25) is 0 Å². The molecule has 0 aromatic carbocycles. The van der Waals surface area contributed by atoms with E-state index in [1.54, 1.807) is 6.26 Å². The lowest BCUT2D eigenvalue weighted by Gasteiger charge is -1.87. The van der Waals surface area contributed by atoms with Crippen molar-refractivity contribution < 1.29 is 10.2 Å². The Kier molecular flexibility index (Phi) is 3.62. The summed E-state index contributed by atoms with van der Waals surface area (Å²) in [5.74, 6) is 0.215. The smallest absolute Gasteiger partial charge is 0.207 e. The maximum Gasteiger partial charge on any atom is 0.207 e. The molecule has 0 unspecified atom stereocenters. The minimum absolute atomic E-state index is 0.108. The molecule has 0 fully saturated rings. The molecule has 0 aromatic heterocycles. The first-order chi connectivity index (χ1) is 2.81. The van der Waals surface area contributed by atoms with Gasteiger partial charge in [0.1, 0.15) is 6.26 Å². The third-order valence-corrected chi connectivity index (χ3v) is 1.32. The average molecular weight is 109 g/mol. The summed E-state index contributed by atoms with van der Waals surface area (Å²) in [5.41, 5.74) is 0. The summed E-state index contributed by atoms with van der Waals surface area (Å²) in [6.07, 6.45) is 1.81. The Balaban J connectivity index is 2.75. The van der Waals surface area contributed by atoms with E-state index in [4.69, 9.17) is 10.2 Å². The normalized spacial score (nSPS) is 10.0. The van der Waals surface area contributed by atoms with Gasteiger partial charge in [0.25, 0.3) is 0 Å². The van der Waals surface area contributed by atoms with Crippen LogP contribution in [0.5, 0.6) is 0 Å². The van der Waals surface area contributed by atoms with Gasteiger partial charge < -0.3 is 10.2 Å². The maximum atomic E-state index is 8.19. The van der Waals surface area contributed by atoms with E-state index in [0.717, 1.165) is 0 Å². The van der Waals surface area contributed by atoms with Crippen LogP contribution in [0.3, 0.4) is 0 Å². The highest BCUT2D eigenvalue weighted by Gasteiger charge is 2.01. The number of hydrogen-bond acceptors (Lipinski definition) is 2. The highest BCUT2D eigenvalue weighted by atomic mass is 32.2. The van der Waals surface area contributed by atoms with Crippen LogP contribution in [0.4, 0.5) is 0 Å². The standard InChI is InChI=1S/C3H9O2S/c1-6(2-4)3-5/h4-5H,2-3H2,1H3/q+1. The van der Waals surface area contributed by atoms with Crippen LogP contribution >= 0.6 is 0 Å². The summed E-state index contributed by atoms with van der Waals surface area (Å²) in [6.45, 7) is 0. The lowest BCUT2D eigenvalue weighted by molar-refractivity contribution is 0.348. The SMILES string of the molecule is C[S+](CO)CO. The van der Waals surface area contributed by atoms with Crippen LogP contribution in [-0.4, -0.2) is 28.3 Å². The van der Waals surface area contributed by atoms with Crippen LogP contribution < -0.4 is 0 Å². The van der Waals surface area contributed by atoms with E-state index in [-0.39, 0.29) is 22.8 Å². The van der Waals surface area contributed by atoms with Crippen LogP contribution in [0.25, 0.3) is 0 Å². The topological polar surface area (TPSA) is 40.5 Å². The molecule has 0 radical (unpaired) electrons. The second-order valence-corrected chi connectivity index (χ2v) is 3.12. The molecule has 0 aromatic rings. The maximum absolute atomic E-state index is 8.19. The van der Waals surface area contributed by atoms with Crippen LogP contribution in [0.2, 0.25) is 0 Å². The Morgan fingerprint density at radius 1 is 1.33 bits per heavy atom. The molecule has 0 bridgehead atoms. The van der Waals surface area contributed by atoms with Gasteiger partial charge in [-0.25, -0.2) is 0 Å². The quantitative estimate of drug-likeness (QED) is 0.453. The largest absolute Gasteiger partial charge is 0.352 e. The fourth-order valence-electron chi connectivity index (χ4n) is 0.0408. The molecule has 2 nitrogen and oxygen atoms in total. The number of rotatable bonds is 2. The zero-order valence-corrected chi connectivity index (χ0v) is 4.53. The minimum atomic E-state index is -0.173. The van der Waals surface area contributed by atoms with Gasteiger partial charge in [0, 0.05) is 10.9 Å². The van der Waals surface area contributed by atoms with Crippen molar-refractivity contribution in [2.24, 2.45) is 0 Å². The summed E-state index contributed by atoms with van der Waals surface area (Å²) in [6, 6.07) is 0. The van der Waals surface area contributed by atoms with Crippen molar-refractivity contribution in [2.75, 3.05) is 18.1 Å². The monoisotopic (exact) mass is 109 g/mol. The molecule has 0 aliphatic rings. The fraction of sp³-hybridized carbons (Fsp3) is 1.00. The van der Waals surface area contributed by atoms with Gasteiger partial charge in [-0.1, -0.05) is 0 Å². The second kappa shape index (κ2) is 3.46. The second-order valence-electron chi connectivity index (χ2n) is 1.04. The number of aliphatic hydroxyl groups is 2. The molecule has 0 atom stereocenters. The van der Waals surface area contributed by atoms with Crippen LogP contribution in [0.1, 0.15) is 0 Å². The highest BCUT2D eigenvalue weighted by molar-refractivity contribution is 7.95. The predicted molar refractivity (Wildman–Crippen MR) is 27.5 cm³/mol. The molecular formula is C3H9O2S+. The Morgan fingerprint density at radius 2 is 1.67 bits per heavy atom. The van der Waals surface area contributed by atoms with E-state index in [0.29, 0.717) is 0 Å². The van der Waals surface area contributed by atoms with E-state index in [9.17, 15) is 0 Å². The first kappa shape index (κ1) is 6.27. The molecule has 0 amide bonds. The van der Waals surface area contributed by atoms with Gasteiger partial charge in [0.05, 0.1) is 0 Å². The van der Waals surface area contributed by atoms with E-state index in [1.165, 1.54) is 0 Å². The highest BCUT2D eigenvalue weighted by Crippen LogP contribution is 1.81. The average Bonchev–Trinajstić information content (AvgIpc) is 1.65. The molecule has 0 rings (SSSR count). The van der Waals surface area contributed by atoms with Gasteiger partial charge in [-0.2, -0.15) is 0 Å². The molecule has 0 aliphatic heterocycles. The van der Waals surface area contributed by atoms with E-state index >= 15 is 0 Å². The van der Waals surface area contributed by atoms with Crippen LogP contribution in [-0.2, 0) is 10.9 Å². The summed E-state index contributed by atoms with van der Waals surface area (Å²) >= 11 is 0. The van der Waals surface area contributed by atoms with Crippen molar-refractivity contribution in [1.29, 1.82) is 0 Å². The van der Waals surface area contributed by atoms with Gasteiger partial charge in [-0.15, -0.1) is 0 Å². The Bertz CT molecular complexity index is 28.0. The molecule has 2 N–H and O–H groups in total. The molecule has 0 spiro atoms. The molecule has 0 heterocycles. The van der Waals surface area contributed by atoms with Crippen molar-refractivity contribution in [3.8, 4) is 0 Å². The van der Waals surface area contributed by atoms with Gasteiger partial charge >= 0.3 is 0 Å². The third-order valence-electron chi connectivity index (χ3n) is 0.441. The molecule has 3 heteroatoms. The van der Waals surface area contributed by atoms with Gasteiger partial charge in [0.2, 0.25) is 11.9 Å². The molecule has 0 aliphatic carbocycles. The van der Waals surface area contributed by atoms with Crippen LogP contribution in [0, 0.1) is 0 Å². The third kappa shape index (κ3) is 2.50. The van der Waals surface area contributed by atoms with Crippen molar-refractivity contribution in [3.63, 3.8) is 0 Å². The first-order valence-electron chi connectivity index (χ1n) is 1.62. The number of aliphatic hydroxyl groups excluding tert-OH is 2. The fourth-order valence-corrected chi connectivity index (χ4v) is 0.122. The summed E-state index contributed by atoms with van der Waals surface area (Å²) < 4.78 is 0. The minimum Gasteiger partial charge on any atom is -0.352 e. The molecule has 6 heavy (non-hydrogen) atoms. The van der Waals surface area contributed by atoms with Crippen molar-refractivity contribution >= 4 is 10.9 Å². The summed E-state index contributed by atoms with van der Waals surface area (Å²) in [5, 5.41) is 16.4. The summed E-state index contributed by atoms with van der Waals surface area (Å²) in [7, 11) is -0.173. The van der Waals surface area contributed by atoms with E-state index < -0.39 is 0 Å². The zero-order chi connectivity index (χ0) is 4.99. The van der Waals surface area contributed by atoms with Gasteiger partial charge in [0.15, 0.2) is 0 Å². The van der Waals surface area contributed by atoms with Crippen LogP contribution in [0.15, 0.2) is 0 Å². The van der Waals surface area contributed by atoms with Crippen molar-refractivity contribution in [2.45, 2.75) is 0 Å². The van der Waals surface area contributed by atoms with Crippen molar-refractivity contribution in [3.05, 3.63) is 0 Å². The first-order valence-corrected chi connectivity index (χ1v) is 3.59. The molecule has 38 valence electrons. The Hall–Kier alpha value is 0.270. The predicted octanol–water partition coefficient (Wildman–Crippen LogP) is -0.866. The Morgan fingerprint density at radius 3 is 1.67 bits per heavy atom. The lowest BCUT2D eigenvalue weighted by Crippen LogP contribution is -2.07. The summed E-state index contributed by atoms with van der Waals surface area (Å²) in [4.78, 5) is 0. The van der Waals surface area contributed by atoms with E-state index in [1.807, 2.05) is 0 Å². The lowest BCUT2D eigenvalue weighted by atomic mass is 11.7. The number of hydrogen-bond donors (Lipinski definition) is 2. The molecular weight excluding hydrogens is 100 g/mol.